The third-order valence-electron chi connectivity index (χ3n) is 4.89. The van der Waals surface area contributed by atoms with Gasteiger partial charge < -0.3 is 15.0 Å². The zero-order valence-electron chi connectivity index (χ0n) is 14.0. The number of para-hydroxylation sites is 1. The lowest BCUT2D eigenvalue weighted by Gasteiger charge is -2.26. The van der Waals surface area contributed by atoms with Gasteiger partial charge in [-0.15, -0.1) is 0 Å². The molecule has 4 rings (SSSR count). The van der Waals surface area contributed by atoms with E-state index >= 15 is 0 Å². The minimum atomic E-state index is -0.0866. The van der Waals surface area contributed by atoms with Crippen LogP contribution in [0.5, 0.6) is 5.75 Å². The van der Waals surface area contributed by atoms with Crippen LogP contribution in [0.25, 0.3) is 10.9 Å². The molecule has 0 saturated carbocycles. The fraction of sp³-hybridized carbons (Fsp3) is 0.556. The Labute approximate surface area is 141 Å². The molecule has 1 N–H and O–H groups in total. The highest BCUT2D eigenvalue weighted by molar-refractivity contribution is 6.06. The molecule has 0 radical (unpaired) electrons. The van der Waals surface area contributed by atoms with Crippen LogP contribution in [0, 0.1) is 0 Å². The highest BCUT2D eigenvalue weighted by Crippen LogP contribution is 2.30. The number of ether oxygens (including phenoxy) is 1. The molecular weight excluding hydrogens is 304 g/mol. The van der Waals surface area contributed by atoms with E-state index in [1.54, 1.807) is 0 Å². The summed E-state index contributed by atoms with van der Waals surface area (Å²) in [6.45, 7) is 5.45. The number of piperidine rings is 1. The van der Waals surface area contributed by atoms with E-state index in [0.29, 0.717) is 25.4 Å². The Bertz CT molecular complexity index is 734. The van der Waals surface area contributed by atoms with Crippen LogP contribution < -0.4 is 10.1 Å². The van der Waals surface area contributed by atoms with Crippen molar-refractivity contribution in [1.29, 1.82) is 0 Å². The summed E-state index contributed by atoms with van der Waals surface area (Å²) in [6.07, 6.45) is 4.95. The summed E-state index contributed by atoms with van der Waals surface area (Å²) in [4.78, 5) is 15.0. The Hall–Kier alpha value is -2.08. The standard InChI is InChI=1S/C18H24N4O2/c23-18(19-8-5-11-21-9-2-1-3-10-21)16-14-6-4-7-15-17(14)22(20-16)12-13-24-15/h4,6-7H,1-3,5,8-13H2,(H,19,23). The predicted octanol–water partition coefficient (Wildman–Crippen LogP) is 2.03. The van der Waals surface area contributed by atoms with E-state index in [1.165, 1.54) is 32.4 Å². The zero-order chi connectivity index (χ0) is 16.4. The van der Waals surface area contributed by atoms with Gasteiger partial charge in [0.15, 0.2) is 5.69 Å². The number of benzene rings is 1. The Kier molecular flexibility index (Phi) is 4.38. The third-order valence-corrected chi connectivity index (χ3v) is 4.89. The van der Waals surface area contributed by atoms with Gasteiger partial charge in [0.05, 0.1) is 6.54 Å². The Balaban J connectivity index is 1.38. The fourth-order valence-corrected chi connectivity index (χ4v) is 3.66. The molecule has 0 unspecified atom stereocenters. The summed E-state index contributed by atoms with van der Waals surface area (Å²) >= 11 is 0. The van der Waals surface area contributed by atoms with Crippen molar-refractivity contribution in [1.82, 2.24) is 20.0 Å². The number of nitrogens with zero attached hydrogens (tertiary/aromatic N) is 3. The molecule has 1 saturated heterocycles. The monoisotopic (exact) mass is 328 g/mol. The van der Waals surface area contributed by atoms with Crippen molar-refractivity contribution in [3.05, 3.63) is 23.9 Å². The number of carbonyl (C=O) groups is 1. The molecule has 6 heteroatoms. The molecule has 6 nitrogen and oxygen atoms in total. The second-order valence-electron chi connectivity index (χ2n) is 6.58. The number of rotatable bonds is 5. The second kappa shape index (κ2) is 6.81. The summed E-state index contributed by atoms with van der Waals surface area (Å²) in [7, 11) is 0. The molecule has 2 aliphatic rings. The summed E-state index contributed by atoms with van der Waals surface area (Å²) in [5.41, 5.74) is 1.44. The molecule has 128 valence electrons. The molecule has 2 aromatic rings. The second-order valence-corrected chi connectivity index (χ2v) is 6.58. The first-order valence-electron chi connectivity index (χ1n) is 8.96. The van der Waals surface area contributed by atoms with Crippen molar-refractivity contribution in [2.75, 3.05) is 32.8 Å². The molecule has 1 aromatic heterocycles. The first kappa shape index (κ1) is 15.4. The molecule has 1 amide bonds. The first-order valence-corrected chi connectivity index (χ1v) is 8.96. The van der Waals surface area contributed by atoms with Gasteiger partial charge in [-0.05, 0) is 45.0 Å². The maximum absolute atomic E-state index is 12.5. The number of carbonyl (C=O) groups excluding carboxylic acids is 1. The van der Waals surface area contributed by atoms with E-state index in [9.17, 15) is 4.79 Å². The van der Waals surface area contributed by atoms with Gasteiger partial charge in [-0.1, -0.05) is 18.6 Å². The molecule has 0 aliphatic carbocycles. The van der Waals surface area contributed by atoms with E-state index in [4.69, 9.17) is 4.74 Å². The minimum absolute atomic E-state index is 0.0866. The van der Waals surface area contributed by atoms with E-state index in [0.717, 1.165) is 29.6 Å². The van der Waals surface area contributed by atoms with Crippen LogP contribution in [-0.2, 0) is 6.54 Å². The van der Waals surface area contributed by atoms with Crippen molar-refractivity contribution < 1.29 is 9.53 Å². The van der Waals surface area contributed by atoms with Crippen LogP contribution in [0.2, 0.25) is 0 Å². The topological polar surface area (TPSA) is 59.4 Å². The average molecular weight is 328 g/mol. The molecule has 2 aliphatic heterocycles. The van der Waals surface area contributed by atoms with Crippen LogP contribution in [0.15, 0.2) is 18.2 Å². The molecule has 0 spiro atoms. The number of nitrogens with one attached hydrogen (secondary N) is 1. The van der Waals surface area contributed by atoms with E-state index < -0.39 is 0 Å². The molecule has 0 bridgehead atoms. The molecule has 0 atom stereocenters. The molecule has 3 heterocycles. The van der Waals surface area contributed by atoms with Crippen molar-refractivity contribution in [3.63, 3.8) is 0 Å². The normalized spacial score (nSPS) is 17.7. The lowest BCUT2D eigenvalue weighted by Crippen LogP contribution is -2.33. The van der Waals surface area contributed by atoms with E-state index in [-0.39, 0.29) is 5.91 Å². The van der Waals surface area contributed by atoms with Crippen LogP contribution in [-0.4, -0.2) is 53.4 Å². The first-order chi connectivity index (χ1) is 11.8. The van der Waals surface area contributed by atoms with Crippen LogP contribution in [0.3, 0.4) is 0 Å². The Morgan fingerprint density at radius 1 is 1.21 bits per heavy atom. The maximum Gasteiger partial charge on any atom is 0.272 e. The van der Waals surface area contributed by atoms with Crippen molar-refractivity contribution >= 4 is 16.8 Å². The molecule has 24 heavy (non-hydrogen) atoms. The third kappa shape index (κ3) is 2.98. The maximum atomic E-state index is 12.5. The van der Waals surface area contributed by atoms with Gasteiger partial charge in [-0.25, -0.2) is 0 Å². The molecule has 1 aromatic carbocycles. The minimum Gasteiger partial charge on any atom is -0.489 e. The van der Waals surface area contributed by atoms with Gasteiger partial charge in [-0.3, -0.25) is 9.48 Å². The van der Waals surface area contributed by atoms with Crippen LogP contribution >= 0.6 is 0 Å². The van der Waals surface area contributed by atoms with Crippen molar-refractivity contribution in [3.8, 4) is 5.75 Å². The quantitative estimate of drug-likeness (QED) is 0.853. The smallest absolute Gasteiger partial charge is 0.272 e. The number of hydrogen-bond acceptors (Lipinski definition) is 4. The van der Waals surface area contributed by atoms with E-state index in [2.05, 4.69) is 15.3 Å². The summed E-state index contributed by atoms with van der Waals surface area (Å²) in [5, 5.41) is 8.40. The summed E-state index contributed by atoms with van der Waals surface area (Å²) < 4.78 is 7.54. The molecule has 1 fully saturated rings. The van der Waals surface area contributed by atoms with Gasteiger partial charge >= 0.3 is 0 Å². The van der Waals surface area contributed by atoms with Gasteiger partial charge in [0.25, 0.3) is 5.91 Å². The van der Waals surface area contributed by atoms with Crippen molar-refractivity contribution in [2.24, 2.45) is 0 Å². The lowest BCUT2D eigenvalue weighted by molar-refractivity contribution is 0.0946. The summed E-state index contributed by atoms with van der Waals surface area (Å²) in [6, 6.07) is 5.79. The highest BCUT2D eigenvalue weighted by atomic mass is 16.5. The Morgan fingerprint density at radius 2 is 2.08 bits per heavy atom. The summed E-state index contributed by atoms with van der Waals surface area (Å²) in [5.74, 6) is 0.729. The average Bonchev–Trinajstić information content (AvgIpc) is 3.01. The molecular formula is C18H24N4O2. The number of aromatic nitrogens is 2. The van der Waals surface area contributed by atoms with Gasteiger partial charge in [0, 0.05) is 11.9 Å². The van der Waals surface area contributed by atoms with E-state index in [1.807, 2.05) is 22.9 Å². The van der Waals surface area contributed by atoms with Gasteiger partial charge in [0.1, 0.15) is 17.9 Å². The lowest BCUT2D eigenvalue weighted by atomic mass is 10.1. The van der Waals surface area contributed by atoms with Crippen molar-refractivity contribution in [2.45, 2.75) is 32.2 Å². The van der Waals surface area contributed by atoms with Crippen LogP contribution in [0.4, 0.5) is 0 Å². The zero-order valence-corrected chi connectivity index (χ0v) is 14.0. The van der Waals surface area contributed by atoms with Gasteiger partial charge in [0.2, 0.25) is 0 Å². The van der Waals surface area contributed by atoms with Crippen LogP contribution in [0.1, 0.15) is 36.2 Å². The Morgan fingerprint density at radius 3 is 2.96 bits per heavy atom. The highest BCUT2D eigenvalue weighted by Gasteiger charge is 2.22. The predicted molar refractivity (Wildman–Crippen MR) is 92.5 cm³/mol. The van der Waals surface area contributed by atoms with Gasteiger partial charge in [-0.2, -0.15) is 5.10 Å². The number of likely N-dealkylation sites (tertiary alicyclic amines) is 1. The SMILES string of the molecule is O=C(NCCCN1CCCCC1)c1nn2c3c(cccc13)OCC2. The number of hydrogen-bond donors (Lipinski definition) is 1. The number of amides is 1. The largest absolute Gasteiger partial charge is 0.489 e. The fourth-order valence-electron chi connectivity index (χ4n) is 3.66.